The smallest absolute Gasteiger partial charge is 0.229 e. The number of nitrogens with zero attached hydrogens (tertiary/aromatic N) is 1. The van der Waals surface area contributed by atoms with E-state index in [2.05, 4.69) is 12.2 Å². The molecule has 0 atom stereocenters. The van der Waals surface area contributed by atoms with E-state index in [1.54, 1.807) is 25.2 Å². The number of amides is 1. The van der Waals surface area contributed by atoms with Gasteiger partial charge in [0.1, 0.15) is 5.82 Å². The van der Waals surface area contributed by atoms with Gasteiger partial charge in [-0.05, 0) is 6.07 Å². The highest BCUT2D eigenvalue weighted by molar-refractivity contribution is 7.80. The predicted octanol–water partition coefficient (Wildman–Crippen LogP) is 1.46. The Bertz CT molecular complexity index is 409. The van der Waals surface area contributed by atoms with Crippen LogP contribution in [0.2, 0.25) is 0 Å². The fraction of sp³-hybridized carbons (Fsp3) is 0.273. The van der Waals surface area contributed by atoms with E-state index in [9.17, 15) is 9.18 Å². The van der Waals surface area contributed by atoms with Crippen molar-refractivity contribution in [3.8, 4) is 0 Å². The van der Waals surface area contributed by atoms with Crippen molar-refractivity contribution in [1.29, 1.82) is 0 Å². The summed E-state index contributed by atoms with van der Waals surface area (Å²) < 4.78 is 13.3. The molecule has 0 aromatic heterocycles. The summed E-state index contributed by atoms with van der Waals surface area (Å²) in [5, 5.41) is 0. The van der Waals surface area contributed by atoms with Crippen LogP contribution in [-0.4, -0.2) is 22.8 Å². The molecule has 0 spiro atoms. The summed E-state index contributed by atoms with van der Waals surface area (Å²) in [7, 11) is 1.59. The van der Waals surface area contributed by atoms with Gasteiger partial charge in [-0.2, -0.15) is 0 Å². The van der Waals surface area contributed by atoms with E-state index in [-0.39, 0.29) is 29.7 Å². The van der Waals surface area contributed by atoms with Gasteiger partial charge in [-0.3, -0.25) is 4.79 Å². The van der Waals surface area contributed by atoms with Crippen molar-refractivity contribution < 1.29 is 9.18 Å². The van der Waals surface area contributed by atoms with E-state index in [0.717, 1.165) is 0 Å². The summed E-state index contributed by atoms with van der Waals surface area (Å²) in [6.45, 7) is 0.216. The molecular weight excluding hydrogens is 227 g/mol. The van der Waals surface area contributed by atoms with Crippen LogP contribution in [0.4, 0.5) is 4.39 Å². The summed E-state index contributed by atoms with van der Waals surface area (Å²) in [5.74, 6) is -0.534. The quantitative estimate of drug-likeness (QED) is 0.810. The lowest BCUT2D eigenvalue weighted by Crippen LogP contribution is -2.29. The molecule has 0 unspecified atom stereocenters. The number of hydrogen-bond donors (Lipinski definition) is 1. The zero-order valence-electron chi connectivity index (χ0n) is 8.94. The van der Waals surface area contributed by atoms with Crippen LogP contribution in [0.25, 0.3) is 0 Å². The van der Waals surface area contributed by atoms with Crippen molar-refractivity contribution in [3.05, 3.63) is 35.6 Å². The topological polar surface area (TPSA) is 46.3 Å². The first-order valence-electron chi connectivity index (χ1n) is 4.76. The van der Waals surface area contributed by atoms with Gasteiger partial charge < -0.3 is 10.6 Å². The number of nitrogens with two attached hydrogens (primary N) is 1. The molecule has 1 amide bonds. The van der Waals surface area contributed by atoms with Crippen LogP contribution in [-0.2, 0) is 11.3 Å². The average molecular weight is 240 g/mol. The molecule has 1 aromatic carbocycles. The molecule has 0 aliphatic rings. The van der Waals surface area contributed by atoms with Crippen molar-refractivity contribution in [2.75, 3.05) is 7.05 Å². The molecule has 0 aliphatic heterocycles. The SMILES string of the molecule is CN(Cc1ccccc1F)C(=O)CC(N)=S. The van der Waals surface area contributed by atoms with Crippen molar-refractivity contribution in [1.82, 2.24) is 4.90 Å². The van der Waals surface area contributed by atoms with Crippen molar-refractivity contribution in [2.45, 2.75) is 13.0 Å². The number of thiocarbonyl (C=S) groups is 1. The lowest BCUT2D eigenvalue weighted by Gasteiger charge is -2.17. The van der Waals surface area contributed by atoms with Gasteiger partial charge in [-0.15, -0.1) is 0 Å². The number of carbonyl (C=O) groups excluding carboxylic acids is 1. The third-order valence-electron chi connectivity index (χ3n) is 2.12. The minimum Gasteiger partial charge on any atom is -0.393 e. The van der Waals surface area contributed by atoms with Gasteiger partial charge in [0.15, 0.2) is 0 Å². The highest BCUT2D eigenvalue weighted by Crippen LogP contribution is 2.09. The maximum absolute atomic E-state index is 13.3. The first-order valence-corrected chi connectivity index (χ1v) is 5.17. The number of benzene rings is 1. The van der Waals surface area contributed by atoms with Crippen LogP contribution >= 0.6 is 12.2 Å². The summed E-state index contributed by atoms with van der Waals surface area (Å²) in [4.78, 5) is 13.0. The van der Waals surface area contributed by atoms with Crippen LogP contribution in [0.3, 0.4) is 0 Å². The van der Waals surface area contributed by atoms with Gasteiger partial charge in [0.2, 0.25) is 5.91 Å². The van der Waals surface area contributed by atoms with Crippen LogP contribution in [0.5, 0.6) is 0 Å². The Morgan fingerprint density at radius 3 is 2.69 bits per heavy atom. The second kappa shape index (κ2) is 5.55. The van der Waals surface area contributed by atoms with E-state index in [4.69, 9.17) is 5.73 Å². The van der Waals surface area contributed by atoms with Gasteiger partial charge in [0.05, 0.1) is 11.4 Å². The molecule has 0 aliphatic carbocycles. The molecule has 5 heteroatoms. The molecule has 2 N–H and O–H groups in total. The van der Waals surface area contributed by atoms with Gasteiger partial charge in [0, 0.05) is 19.2 Å². The molecule has 0 heterocycles. The summed E-state index contributed by atoms with van der Waals surface area (Å²) in [6, 6.07) is 6.33. The van der Waals surface area contributed by atoms with Gasteiger partial charge >= 0.3 is 0 Å². The Labute approximate surface area is 99.0 Å². The third-order valence-corrected chi connectivity index (χ3v) is 2.26. The predicted molar refractivity (Wildman–Crippen MR) is 64.3 cm³/mol. The van der Waals surface area contributed by atoms with E-state index in [0.29, 0.717) is 5.56 Å². The van der Waals surface area contributed by atoms with Crippen LogP contribution < -0.4 is 5.73 Å². The van der Waals surface area contributed by atoms with Crippen molar-refractivity contribution >= 4 is 23.1 Å². The molecule has 3 nitrogen and oxygen atoms in total. The summed E-state index contributed by atoms with van der Waals surface area (Å²) >= 11 is 4.64. The first kappa shape index (κ1) is 12.6. The number of rotatable bonds is 4. The molecule has 86 valence electrons. The minimum atomic E-state index is -0.322. The summed E-state index contributed by atoms with van der Waals surface area (Å²) in [6.07, 6.45) is 0.0142. The molecule has 1 aromatic rings. The maximum Gasteiger partial charge on any atom is 0.229 e. The van der Waals surface area contributed by atoms with Crippen molar-refractivity contribution in [2.24, 2.45) is 5.73 Å². The molecule has 16 heavy (non-hydrogen) atoms. The van der Waals surface area contributed by atoms with Gasteiger partial charge in [-0.1, -0.05) is 30.4 Å². The van der Waals surface area contributed by atoms with Crippen LogP contribution in [0, 0.1) is 5.82 Å². The zero-order chi connectivity index (χ0) is 12.1. The lowest BCUT2D eigenvalue weighted by molar-refractivity contribution is -0.129. The van der Waals surface area contributed by atoms with Crippen LogP contribution in [0.1, 0.15) is 12.0 Å². The normalized spacial score (nSPS) is 9.88. The molecular formula is C11H13FN2OS. The summed E-state index contributed by atoms with van der Waals surface area (Å²) in [5.41, 5.74) is 5.74. The van der Waals surface area contributed by atoms with E-state index in [1.165, 1.54) is 11.0 Å². The number of halogens is 1. The zero-order valence-corrected chi connectivity index (χ0v) is 9.76. The second-order valence-electron chi connectivity index (χ2n) is 3.48. The standard InChI is InChI=1S/C11H13FN2OS/c1-14(11(15)6-10(13)16)7-8-4-2-3-5-9(8)12/h2-5H,6-7H2,1H3,(H2,13,16). The van der Waals surface area contributed by atoms with Gasteiger partial charge in [0.25, 0.3) is 0 Å². The Balaban J connectivity index is 2.64. The lowest BCUT2D eigenvalue weighted by atomic mass is 10.2. The minimum absolute atomic E-state index is 0.0142. The van der Waals surface area contributed by atoms with E-state index in [1.807, 2.05) is 0 Å². The van der Waals surface area contributed by atoms with Crippen LogP contribution in [0.15, 0.2) is 24.3 Å². The monoisotopic (exact) mass is 240 g/mol. The number of carbonyl (C=O) groups is 1. The molecule has 1 rings (SSSR count). The fourth-order valence-corrected chi connectivity index (χ4v) is 1.38. The van der Waals surface area contributed by atoms with Gasteiger partial charge in [-0.25, -0.2) is 4.39 Å². The van der Waals surface area contributed by atoms with Crippen molar-refractivity contribution in [3.63, 3.8) is 0 Å². The maximum atomic E-state index is 13.3. The highest BCUT2D eigenvalue weighted by Gasteiger charge is 2.11. The molecule has 0 saturated carbocycles. The Kier molecular flexibility index (Phi) is 4.37. The Hall–Kier alpha value is -1.49. The Morgan fingerprint density at radius 1 is 1.50 bits per heavy atom. The molecule has 0 radical (unpaired) electrons. The molecule has 0 fully saturated rings. The average Bonchev–Trinajstić information content (AvgIpc) is 2.20. The third kappa shape index (κ3) is 3.58. The number of hydrogen-bond acceptors (Lipinski definition) is 2. The fourth-order valence-electron chi connectivity index (χ4n) is 1.25. The Morgan fingerprint density at radius 2 is 2.12 bits per heavy atom. The van der Waals surface area contributed by atoms with E-state index < -0.39 is 0 Å². The highest BCUT2D eigenvalue weighted by atomic mass is 32.1. The first-order chi connectivity index (χ1) is 7.50. The largest absolute Gasteiger partial charge is 0.393 e. The van der Waals surface area contributed by atoms with E-state index >= 15 is 0 Å². The molecule has 0 bridgehead atoms. The molecule has 0 saturated heterocycles. The second-order valence-corrected chi connectivity index (χ2v) is 4.01.